The summed E-state index contributed by atoms with van der Waals surface area (Å²) in [7, 11) is 2.72. The number of aromatic nitrogens is 1. The number of pyridine rings is 1. The van der Waals surface area contributed by atoms with Crippen LogP contribution in [-0.4, -0.2) is 72.5 Å². The highest BCUT2D eigenvalue weighted by Crippen LogP contribution is 2.63. The molecule has 2 fully saturated rings. The number of aryl methyl sites for hydroxylation is 1. The molecule has 3 aliphatic rings. The number of benzene rings is 2. The van der Waals surface area contributed by atoms with E-state index in [0.29, 0.717) is 29.1 Å². The Kier molecular flexibility index (Phi) is 7.85. The summed E-state index contributed by atoms with van der Waals surface area (Å²) in [6.45, 7) is 7.39. The molecule has 3 aromatic rings. The van der Waals surface area contributed by atoms with Crippen LogP contribution in [0.1, 0.15) is 60.3 Å². The van der Waals surface area contributed by atoms with Gasteiger partial charge in [0.25, 0.3) is 0 Å². The summed E-state index contributed by atoms with van der Waals surface area (Å²) in [5, 5.41) is 10.4. The van der Waals surface area contributed by atoms with E-state index < -0.39 is 47.8 Å². The van der Waals surface area contributed by atoms with E-state index in [1.165, 1.54) is 31.3 Å². The first-order valence-corrected chi connectivity index (χ1v) is 15.3. The van der Waals surface area contributed by atoms with Crippen molar-refractivity contribution in [3.63, 3.8) is 0 Å². The summed E-state index contributed by atoms with van der Waals surface area (Å²) in [6, 6.07) is 9.40. The monoisotopic (exact) mass is 650 g/mol. The lowest BCUT2D eigenvalue weighted by molar-refractivity contribution is -0.125. The average molecular weight is 651 g/mol. The third-order valence-corrected chi connectivity index (χ3v) is 9.71. The largest absolute Gasteiger partial charge is 0.495 e. The quantitative estimate of drug-likeness (QED) is 0.379. The van der Waals surface area contributed by atoms with Crippen LogP contribution in [0.2, 0.25) is 5.02 Å². The first kappa shape index (κ1) is 31.9. The van der Waals surface area contributed by atoms with Gasteiger partial charge in [-0.1, -0.05) is 44.5 Å². The number of ether oxygens (including phenoxy) is 2. The molecule has 2 aromatic carbocycles. The number of rotatable bonds is 6. The molecule has 1 N–H and O–H groups in total. The Balaban J connectivity index is 1.61. The first-order valence-electron chi connectivity index (χ1n) is 15.0. The van der Waals surface area contributed by atoms with Gasteiger partial charge < -0.3 is 14.6 Å². The van der Waals surface area contributed by atoms with Gasteiger partial charge in [-0.3, -0.25) is 29.3 Å². The molecule has 2 saturated heterocycles. The second kappa shape index (κ2) is 11.3. The van der Waals surface area contributed by atoms with Crippen molar-refractivity contribution >= 4 is 40.8 Å². The minimum Gasteiger partial charge on any atom is -0.495 e. The van der Waals surface area contributed by atoms with E-state index in [2.05, 4.69) is 4.98 Å². The molecule has 1 spiro atoms. The smallest absolute Gasteiger partial charge is 0.337 e. The minimum atomic E-state index is -1.48. The van der Waals surface area contributed by atoms with Crippen LogP contribution in [0.3, 0.4) is 0 Å². The maximum atomic E-state index is 16.2. The normalized spacial score (nSPS) is 24.2. The number of carbonyl (C=O) groups excluding carboxylic acids is 3. The molecule has 1 unspecified atom stereocenters. The van der Waals surface area contributed by atoms with Crippen molar-refractivity contribution in [3.05, 3.63) is 81.9 Å². The molecule has 12 heteroatoms. The predicted molar refractivity (Wildman–Crippen MR) is 170 cm³/mol. The molecule has 4 heterocycles. The first-order chi connectivity index (χ1) is 21.8. The molecule has 242 valence electrons. The summed E-state index contributed by atoms with van der Waals surface area (Å²) in [5.41, 5.74) is 0.620. The van der Waals surface area contributed by atoms with Crippen LogP contribution in [0.4, 0.5) is 15.8 Å². The van der Waals surface area contributed by atoms with E-state index in [-0.39, 0.29) is 39.9 Å². The van der Waals surface area contributed by atoms with Crippen LogP contribution < -0.4 is 14.5 Å². The molecule has 2 amide bonds. The van der Waals surface area contributed by atoms with Gasteiger partial charge in [-0.25, -0.2) is 9.18 Å². The minimum absolute atomic E-state index is 0.0552. The molecule has 0 aliphatic carbocycles. The van der Waals surface area contributed by atoms with Crippen LogP contribution in [0, 0.1) is 18.2 Å². The summed E-state index contributed by atoms with van der Waals surface area (Å²) in [4.78, 5) is 51.3. The van der Waals surface area contributed by atoms with Gasteiger partial charge in [0, 0.05) is 29.4 Å². The van der Waals surface area contributed by atoms with Gasteiger partial charge in [0.15, 0.2) is 0 Å². The molecule has 0 saturated carbocycles. The number of aliphatic hydroxyl groups is 1. The van der Waals surface area contributed by atoms with Gasteiger partial charge >= 0.3 is 5.97 Å². The number of esters is 1. The number of methoxy groups -OCH3 is 2. The Labute approximate surface area is 271 Å². The van der Waals surface area contributed by atoms with Crippen molar-refractivity contribution < 1.29 is 33.4 Å². The van der Waals surface area contributed by atoms with Crippen LogP contribution in [0.15, 0.2) is 48.7 Å². The Morgan fingerprint density at radius 3 is 2.54 bits per heavy atom. The second-order valence-corrected chi connectivity index (χ2v) is 13.6. The number of carbonyl (C=O) groups is 3. The Morgan fingerprint density at radius 1 is 1.15 bits per heavy atom. The van der Waals surface area contributed by atoms with Crippen molar-refractivity contribution in [1.29, 1.82) is 0 Å². The number of anilines is 2. The van der Waals surface area contributed by atoms with Gasteiger partial charge in [-0.2, -0.15) is 0 Å². The van der Waals surface area contributed by atoms with Crippen LogP contribution in [0.25, 0.3) is 0 Å². The highest BCUT2D eigenvalue weighted by molar-refractivity contribution is 6.30. The zero-order valence-electron chi connectivity index (χ0n) is 26.5. The number of nitrogens with zero attached hydrogens (tertiary/aromatic N) is 4. The topological polar surface area (TPSA) is 113 Å². The third kappa shape index (κ3) is 4.58. The Bertz CT molecular complexity index is 1760. The molecule has 6 rings (SSSR count). The fourth-order valence-corrected chi connectivity index (χ4v) is 7.82. The molecule has 1 aromatic heterocycles. The number of hydrogen-bond acceptors (Lipinski definition) is 8. The van der Waals surface area contributed by atoms with Gasteiger partial charge in [0.05, 0.1) is 48.9 Å². The van der Waals surface area contributed by atoms with Gasteiger partial charge in [-0.05, 0) is 54.7 Å². The highest BCUT2D eigenvalue weighted by atomic mass is 35.5. The van der Waals surface area contributed by atoms with E-state index in [4.69, 9.17) is 21.1 Å². The van der Waals surface area contributed by atoms with E-state index in [1.807, 2.05) is 25.7 Å². The van der Waals surface area contributed by atoms with E-state index in [9.17, 15) is 19.5 Å². The number of aliphatic hydroxyl groups excluding tert-OH is 1. The molecular formula is C34H36ClFN4O6. The molecule has 3 aliphatic heterocycles. The van der Waals surface area contributed by atoms with Gasteiger partial charge in [0.2, 0.25) is 11.8 Å². The zero-order chi connectivity index (χ0) is 33.3. The fourth-order valence-electron chi connectivity index (χ4n) is 7.64. The van der Waals surface area contributed by atoms with E-state index in [0.717, 1.165) is 0 Å². The summed E-state index contributed by atoms with van der Waals surface area (Å²) < 4.78 is 26.7. The van der Waals surface area contributed by atoms with Crippen LogP contribution >= 0.6 is 11.6 Å². The number of amides is 2. The lowest BCUT2D eigenvalue weighted by Crippen LogP contribution is -2.54. The van der Waals surface area contributed by atoms with Crippen LogP contribution in [0.5, 0.6) is 5.75 Å². The van der Waals surface area contributed by atoms with Gasteiger partial charge in [0.1, 0.15) is 23.7 Å². The molecule has 4 atom stereocenters. The van der Waals surface area contributed by atoms with Crippen molar-refractivity contribution in [1.82, 2.24) is 9.88 Å². The average Bonchev–Trinajstić information content (AvgIpc) is 3.58. The molecular weight excluding hydrogens is 615 g/mol. The SMILES string of the molecule is COC(=O)c1ccc(N2CN3[C@@H](CC(C)(C)C)C4(C(=O)N(CO)c5cc(C)ncc54)[C@@H](c4cccc(Cl)c4F)[C@@H]3C2=O)c(OC)c1. The van der Waals surface area contributed by atoms with Crippen molar-refractivity contribution in [2.24, 2.45) is 5.41 Å². The zero-order valence-corrected chi connectivity index (χ0v) is 27.3. The van der Waals surface area contributed by atoms with Crippen molar-refractivity contribution in [3.8, 4) is 5.75 Å². The van der Waals surface area contributed by atoms with Crippen LogP contribution in [-0.2, 0) is 19.7 Å². The summed E-state index contributed by atoms with van der Waals surface area (Å²) in [5.74, 6) is -2.83. The molecule has 0 bridgehead atoms. The predicted octanol–water partition coefficient (Wildman–Crippen LogP) is 4.79. The maximum Gasteiger partial charge on any atom is 0.337 e. The third-order valence-electron chi connectivity index (χ3n) is 9.42. The summed E-state index contributed by atoms with van der Waals surface area (Å²) in [6.07, 6.45) is 2.07. The van der Waals surface area contributed by atoms with E-state index >= 15 is 4.39 Å². The lowest BCUT2D eigenvalue weighted by Gasteiger charge is -2.40. The Hall–Kier alpha value is -4.06. The van der Waals surface area contributed by atoms with E-state index in [1.54, 1.807) is 48.4 Å². The molecule has 0 radical (unpaired) electrons. The van der Waals surface area contributed by atoms with Crippen molar-refractivity contribution in [2.75, 3.05) is 37.4 Å². The number of hydrogen-bond donors (Lipinski definition) is 1. The lowest BCUT2D eigenvalue weighted by atomic mass is 9.62. The molecule has 46 heavy (non-hydrogen) atoms. The number of fused-ring (bicyclic) bond motifs is 3. The van der Waals surface area contributed by atoms with Crippen molar-refractivity contribution in [2.45, 2.75) is 57.5 Å². The number of halogens is 2. The summed E-state index contributed by atoms with van der Waals surface area (Å²) >= 11 is 6.35. The standard InChI is InChI=1S/C34H36ClFN4O6/c1-18-12-24-21(15-37-18)34(32(44)40(24)17-41)26(14-33(2,3)4)39-16-38(23-11-10-19(31(43)46-6)13-25(23)45-5)30(42)29(39)27(34)20-8-7-9-22(35)28(20)36/h7-13,15,26-27,29,41H,14,16-17H2,1-6H3/t26-,27-,29+,34?/m0/s1. The Morgan fingerprint density at radius 2 is 1.89 bits per heavy atom. The maximum absolute atomic E-state index is 16.2. The highest BCUT2D eigenvalue weighted by Gasteiger charge is 2.72. The van der Waals surface area contributed by atoms with Gasteiger partial charge in [-0.15, -0.1) is 0 Å². The second-order valence-electron chi connectivity index (χ2n) is 13.2. The molecule has 10 nitrogen and oxygen atoms in total. The fraction of sp³-hybridized carbons (Fsp3) is 0.412.